The Morgan fingerprint density at radius 3 is 2.50 bits per heavy atom. The lowest BCUT2D eigenvalue weighted by atomic mass is 10.1. The molecule has 0 aliphatic carbocycles. The zero-order valence-corrected chi connectivity index (χ0v) is 16.9. The van der Waals surface area contributed by atoms with Crippen LogP contribution in [0.15, 0.2) is 67.6 Å². The number of hydrogen-bond acceptors (Lipinski definition) is 6. The Bertz CT molecular complexity index is 1110. The van der Waals surface area contributed by atoms with Crippen LogP contribution in [-0.4, -0.2) is 25.2 Å². The summed E-state index contributed by atoms with van der Waals surface area (Å²) in [6.45, 7) is 5.82. The minimum atomic E-state index is -0.551. The van der Waals surface area contributed by atoms with Crippen LogP contribution >= 0.6 is 11.8 Å². The summed E-state index contributed by atoms with van der Waals surface area (Å²) in [6.07, 6.45) is 0. The van der Waals surface area contributed by atoms with Gasteiger partial charge in [0.1, 0.15) is 22.3 Å². The van der Waals surface area contributed by atoms with Crippen LogP contribution in [0.4, 0.5) is 5.69 Å². The summed E-state index contributed by atoms with van der Waals surface area (Å²) in [5.74, 6) is 0. The van der Waals surface area contributed by atoms with Gasteiger partial charge in [0.05, 0.1) is 5.56 Å². The van der Waals surface area contributed by atoms with Crippen molar-refractivity contribution in [2.75, 3.05) is 25.0 Å². The topological polar surface area (TPSA) is 69.6 Å². The second-order valence-electron chi connectivity index (χ2n) is 6.05. The fourth-order valence-electron chi connectivity index (χ4n) is 3.09. The van der Waals surface area contributed by atoms with Crippen LogP contribution in [0.1, 0.15) is 25.0 Å². The third kappa shape index (κ3) is 3.80. The molecule has 0 amide bonds. The molecule has 0 N–H and O–H groups in total. The number of nitriles is 1. The summed E-state index contributed by atoms with van der Waals surface area (Å²) in [5.41, 5.74) is 1.32. The van der Waals surface area contributed by atoms with E-state index in [1.165, 1.54) is 11.8 Å². The number of thioether (sulfide) groups is 1. The van der Waals surface area contributed by atoms with E-state index in [1.54, 1.807) is 7.05 Å². The van der Waals surface area contributed by atoms with Crippen molar-refractivity contribution < 1.29 is 4.42 Å². The minimum Gasteiger partial charge on any atom is -0.422 e. The van der Waals surface area contributed by atoms with Gasteiger partial charge in [-0.05, 0) is 38.1 Å². The summed E-state index contributed by atoms with van der Waals surface area (Å²) in [7, 11) is 1.61. The van der Waals surface area contributed by atoms with Gasteiger partial charge in [0.25, 0.3) is 0 Å². The number of anilines is 1. The van der Waals surface area contributed by atoms with E-state index >= 15 is 0 Å². The molecule has 2 aromatic carbocycles. The Balaban J connectivity index is 2.16. The maximum absolute atomic E-state index is 12.8. The number of fused-ring (bicyclic) bond motifs is 1. The molecule has 28 heavy (non-hydrogen) atoms. The smallest absolute Gasteiger partial charge is 0.347 e. The molecule has 3 rings (SSSR count). The van der Waals surface area contributed by atoms with E-state index in [1.807, 2.05) is 48.5 Å². The maximum Gasteiger partial charge on any atom is 0.347 e. The molecule has 142 valence electrons. The SMILES string of the molecule is CCN(CC)c1ccc2c(C#N)c(C(=NC)Sc3ccccc3)c(=O)oc2c1. The van der Waals surface area contributed by atoms with Crippen LogP contribution in [0.25, 0.3) is 11.0 Å². The predicted molar refractivity (Wildman–Crippen MR) is 116 cm³/mol. The van der Waals surface area contributed by atoms with Crippen LogP contribution in [0, 0.1) is 11.3 Å². The Kier molecular flexibility index (Phi) is 6.17. The van der Waals surface area contributed by atoms with Gasteiger partial charge in [-0.2, -0.15) is 5.26 Å². The van der Waals surface area contributed by atoms with Crippen molar-refractivity contribution in [2.24, 2.45) is 4.99 Å². The van der Waals surface area contributed by atoms with E-state index < -0.39 is 5.63 Å². The van der Waals surface area contributed by atoms with Gasteiger partial charge in [0.2, 0.25) is 0 Å². The lowest BCUT2D eigenvalue weighted by molar-refractivity contribution is 0.559. The monoisotopic (exact) mass is 391 g/mol. The van der Waals surface area contributed by atoms with Crippen molar-refractivity contribution in [3.63, 3.8) is 0 Å². The lowest BCUT2D eigenvalue weighted by Gasteiger charge is -2.21. The van der Waals surface area contributed by atoms with Gasteiger partial charge in [-0.25, -0.2) is 4.79 Å². The van der Waals surface area contributed by atoms with Gasteiger partial charge >= 0.3 is 5.63 Å². The van der Waals surface area contributed by atoms with Crippen LogP contribution < -0.4 is 10.5 Å². The molecule has 0 saturated carbocycles. The lowest BCUT2D eigenvalue weighted by Crippen LogP contribution is -2.22. The zero-order chi connectivity index (χ0) is 20.1. The van der Waals surface area contributed by atoms with Crippen molar-refractivity contribution in [3.05, 3.63) is 70.1 Å². The molecule has 0 bridgehead atoms. The number of aliphatic imine (C=N–C) groups is 1. The van der Waals surface area contributed by atoms with Gasteiger partial charge in [0, 0.05) is 42.2 Å². The number of rotatable bonds is 5. The van der Waals surface area contributed by atoms with Crippen molar-refractivity contribution in [1.82, 2.24) is 0 Å². The fraction of sp³-hybridized carbons (Fsp3) is 0.227. The van der Waals surface area contributed by atoms with Crippen LogP contribution in [0.2, 0.25) is 0 Å². The van der Waals surface area contributed by atoms with E-state index in [-0.39, 0.29) is 5.56 Å². The molecule has 5 nitrogen and oxygen atoms in total. The van der Waals surface area contributed by atoms with Gasteiger partial charge in [0.15, 0.2) is 0 Å². The third-order valence-corrected chi connectivity index (χ3v) is 5.59. The van der Waals surface area contributed by atoms with Gasteiger partial charge in [-0.15, -0.1) is 0 Å². The van der Waals surface area contributed by atoms with Crippen molar-refractivity contribution in [1.29, 1.82) is 5.26 Å². The molecular weight excluding hydrogens is 370 g/mol. The Morgan fingerprint density at radius 2 is 1.89 bits per heavy atom. The molecular formula is C22H21N3O2S. The Morgan fingerprint density at radius 1 is 1.18 bits per heavy atom. The van der Waals surface area contributed by atoms with Gasteiger partial charge in [-0.3, -0.25) is 4.99 Å². The second kappa shape index (κ2) is 8.77. The molecule has 6 heteroatoms. The summed E-state index contributed by atoms with van der Waals surface area (Å²) in [4.78, 5) is 20.2. The van der Waals surface area contributed by atoms with E-state index in [0.29, 0.717) is 21.6 Å². The van der Waals surface area contributed by atoms with Crippen LogP contribution in [0.3, 0.4) is 0 Å². The van der Waals surface area contributed by atoms with Gasteiger partial charge in [-0.1, -0.05) is 30.0 Å². The van der Waals surface area contributed by atoms with E-state index in [9.17, 15) is 10.1 Å². The third-order valence-electron chi connectivity index (χ3n) is 4.51. The summed E-state index contributed by atoms with van der Waals surface area (Å²) < 4.78 is 5.61. The number of hydrogen-bond donors (Lipinski definition) is 0. The molecule has 0 spiro atoms. The van der Waals surface area contributed by atoms with E-state index in [2.05, 4.69) is 29.8 Å². The average molecular weight is 391 g/mol. The summed E-state index contributed by atoms with van der Waals surface area (Å²) >= 11 is 1.34. The first-order valence-electron chi connectivity index (χ1n) is 9.08. The predicted octanol–water partition coefficient (Wildman–Crippen LogP) is 4.68. The van der Waals surface area contributed by atoms with Crippen molar-refractivity contribution >= 4 is 33.5 Å². The molecule has 0 saturated heterocycles. The number of benzene rings is 2. The van der Waals surface area contributed by atoms with E-state index in [4.69, 9.17) is 4.42 Å². The first kappa shape index (κ1) is 19.7. The molecule has 0 radical (unpaired) electrons. The van der Waals surface area contributed by atoms with Crippen molar-refractivity contribution in [2.45, 2.75) is 18.7 Å². The van der Waals surface area contributed by atoms with E-state index in [0.717, 1.165) is 23.7 Å². The summed E-state index contributed by atoms with van der Waals surface area (Å²) in [5, 5.41) is 10.9. The number of nitrogens with zero attached hydrogens (tertiary/aromatic N) is 3. The second-order valence-corrected chi connectivity index (χ2v) is 7.11. The minimum absolute atomic E-state index is 0.210. The van der Waals surface area contributed by atoms with Crippen LogP contribution in [0.5, 0.6) is 0 Å². The fourth-order valence-corrected chi connectivity index (χ4v) is 3.99. The first-order chi connectivity index (χ1) is 13.6. The quantitative estimate of drug-likeness (QED) is 0.273. The zero-order valence-electron chi connectivity index (χ0n) is 16.1. The highest BCUT2D eigenvalue weighted by Crippen LogP contribution is 2.29. The van der Waals surface area contributed by atoms with Gasteiger partial charge < -0.3 is 9.32 Å². The molecule has 3 aromatic rings. The highest BCUT2D eigenvalue weighted by molar-refractivity contribution is 8.14. The standard InChI is InChI=1S/C22H21N3O2S/c1-4-25(5-2)15-11-12-17-18(14-23)20(22(26)27-19(17)13-15)21(24-3)28-16-9-7-6-8-10-16/h6-13H,4-5H2,1-3H3. The summed E-state index contributed by atoms with van der Waals surface area (Å²) in [6, 6.07) is 17.4. The normalized spacial score (nSPS) is 11.4. The largest absolute Gasteiger partial charge is 0.422 e. The Labute approximate surface area is 168 Å². The highest BCUT2D eigenvalue weighted by Gasteiger charge is 2.21. The molecule has 0 aliphatic rings. The molecule has 0 unspecified atom stereocenters. The molecule has 0 atom stereocenters. The first-order valence-corrected chi connectivity index (χ1v) is 9.90. The maximum atomic E-state index is 12.8. The van der Waals surface area contributed by atoms with Crippen LogP contribution in [-0.2, 0) is 0 Å². The molecule has 1 heterocycles. The molecule has 0 aliphatic heterocycles. The highest BCUT2D eigenvalue weighted by atomic mass is 32.2. The average Bonchev–Trinajstić information content (AvgIpc) is 2.72. The molecule has 0 fully saturated rings. The molecule has 1 aromatic heterocycles. The Hall–Kier alpha value is -3.04. The van der Waals surface area contributed by atoms with Crippen molar-refractivity contribution in [3.8, 4) is 6.07 Å².